The minimum absolute atomic E-state index is 0.173. The summed E-state index contributed by atoms with van der Waals surface area (Å²) in [5.74, 6) is 0. The third kappa shape index (κ3) is 5.47. The van der Waals surface area contributed by atoms with Gasteiger partial charge in [-0.3, -0.25) is 4.90 Å². The Balaban J connectivity index is 2.17. The van der Waals surface area contributed by atoms with E-state index in [-0.39, 0.29) is 12.7 Å². The molecule has 2 N–H and O–H groups in total. The van der Waals surface area contributed by atoms with Gasteiger partial charge in [-0.25, -0.2) is 0 Å². The predicted molar refractivity (Wildman–Crippen MR) is 60.9 cm³/mol. The highest BCUT2D eigenvalue weighted by atomic mass is 16.3. The van der Waals surface area contributed by atoms with Crippen molar-refractivity contribution in [1.82, 2.24) is 9.80 Å². The van der Waals surface area contributed by atoms with E-state index in [0.717, 1.165) is 13.1 Å². The van der Waals surface area contributed by atoms with E-state index in [1.165, 1.54) is 25.9 Å². The Morgan fingerprint density at radius 2 is 1.93 bits per heavy atom. The lowest BCUT2D eigenvalue weighted by Crippen LogP contribution is -2.39. The maximum atomic E-state index is 9.30. The van der Waals surface area contributed by atoms with Crippen molar-refractivity contribution in [3.63, 3.8) is 0 Å². The summed E-state index contributed by atoms with van der Waals surface area (Å²) in [6.45, 7) is 7.72. The molecule has 0 aliphatic carbocycles. The number of nitrogens with zero attached hydrogens (tertiary/aromatic N) is 2. The van der Waals surface area contributed by atoms with Crippen LogP contribution in [0.3, 0.4) is 0 Å². The molecule has 1 aliphatic heterocycles. The maximum absolute atomic E-state index is 9.30. The first-order valence-electron chi connectivity index (χ1n) is 5.96. The van der Waals surface area contributed by atoms with Crippen LogP contribution in [0.5, 0.6) is 0 Å². The highest BCUT2D eigenvalue weighted by Crippen LogP contribution is 2.06. The lowest BCUT2D eigenvalue weighted by Gasteiger charge is -2.25. The van der Waals surface area contributed by atoms with Crippen molar-refractivity contribution in [2.45, 2.75) is 25.9 Å². The van der Waals surface area contributed by atoms with E-state index in [1.54, 1.807) is 6.92 Å². The Kier molecular flexibility index (Phi) is 6.17. The highest BCUT2D eigenvalue weighted by Gasteiger charge is 2.13. The van der Waals surface area contributed by atoms with Crippen molar-refractivity contribution < 1.29 is 10.2 Å². The maximum Gasteiger partial charge on any atom is 0.0639 e. The molecule has 15 heavy (non-hydrogen) atoms. The smallest absolute Gasteiger partial charge is 0.0639 e. The second kappa shape index (κ2) is 7.17. The molecule has 0 bridgehead atoms. The van der Waals surface area contributed by atoms with Crippen LogP contribution >= 0.6 is 0 Å². The predicted octanol–water partition coefficient (Wildman–Crippen LogP) is -0.243. The number of aliphatic hydroxyl groups is 2. The van der Waals surface area contributed by atoms with Gasteiger partial charge in [-0.15, -0.1) is 0 Å². The zero-order valence-electron chi connectivity index (χ0n) is 9.73. The number of rotatable bonds is 7. The minimum Gasteiger partial charge on any atom is -0.395 e. The molecule has 0 radical (unpaired) electrons. The average Bonchev–Trinajstić information content (AvgIpc) is 2.66. The molecule has 4 nitrogen and oxygen atoms in total. The van der Waals surface area contributed by atoms with Crippen LogP contribution in [-0.4, -0.2) is 72.0 Å². The van der Waals surface area contributed by atoms with E-state index in [0.29, 0.717) is 13.1 Å². The topological polar surface area (TPSA) is 46.9 Å². The molecule has 0 amide bonds. The zero-order chi connectivity index (χ0) is 11.1. The van der Waals surface area contributed by atoms with Crippen molar-refractivity contribution in [3.05, 3.63) is 0 Å². The number of likely N-dealkylation sites (tertiary alicyclic amines) is 1. The van der Waals surface area contributed by atoms with Gasteiger partial charge in [0.25, 0.3) is 0 Å². The summed E-state index contributed by atoms with van der Waals surface area (Å²) >= 11 is 0. The van der Waals surface area contributed by atoms with E-state index >= 15 is 0 Å². The molecule has 4 heteroatoms. The molecule has 1 heterocycles. The van der Waals surface area contributed by atoms with Gasteiger partial charge in [0.1, 0.15) is 0 Å². The quantitative estimate of drug-likeness (QED) is 0.616. The van der Waals surface area contributed by atoms with Crippen LogP contribution in [0.4, 0.5) is 0 Å². The number of hydrogen-bond donors (Lipinski definition) is 2. The molecule has 0 aromatic rings. The fraction of sp³-hybridized carbons (Fsp3) is 1.00. The average molecular weight is 216 g/mol. The van der Waals surface area contributed by atoms with E-state index in [1.807, 2.05) is 0 Å². The molecule has 0 spiro atoms. The van der Waals surface area contributed by atoms with Gasteiger partial charge < -0.3 is 15.1 Å². The van der Waals surface area contributed by atoms with E-state index in [2.05, 4.69) is 9.80 Å². The van der Waals surface area contributed by atoms with Gasteiger partial charge in [-0.2, -0.15) is 0 Å². The van der Waals surface area contributed by atoms with Gasteiger partial charge in [0.15, 0.2) is 0 Å². The molecule has 0 aromatic carbocycles. The molecule has 1 unspecified atom stereocenters. The molecular formula is C11H24N2O2. The van der Waals surface area contributed by atoms with Crippen LogP contribution in [0.25, 0.3) is 0 Å². The molecule has 1 aliphatic rings. The monoisotopic (exact) mass is 216 g/mol. The fourth-order valence-corrected chi connectivity index (χ4v) is 2.10. The molecular weight excluding hydrogens is 192 g/mol. The van der Waals surface area contributed by atoms with Gasteiger partial charge >= 0.3 is 0 Å². The Bertz CT molecular complexity index is 159. The molecule has 1 fully saturated rings. The lowest BCUT2D eigenvalue weighted by atomic mass is 10.3. The van der Waals surface area contributed by atoms with Crippen LogP contribution in [0, 0.1) is 0 Å². The van der Waals surface area contributed by atoms with Crippen molar-refractivity contribution in [2.75, 3.05) is 45.9 Å². The summed E-state index contributed by atoms with van der Waals surface area (Å²) < 4.78 is 0. The third-order valence-electron chi connectivity index (χ3n) is 2.87. The largest absolute Gasteiger partial charge is 0.395 e. The van der Waals surface area contributed by atoms with Crippen LogP contribution < -0.4 is 0 Å². The summed E-state index contributed by atoms with van der Waals surface area (Å²) in [6, 6.07) is 0. The van der Waals surface area contributed by atoms with E-state index in [9.17, 15) is 5.11 Å². The summed E-state index contributed by atoms with van der Waals surface area (Å²) in [7, 11) is 0. The van der Waals surface area contributed by atoms with Gasteiger partial charge in [0, 0.05) is 26.2 Å². The Labute approximate surface area is 92.5 Å². The standard InChI is InChI=1S/C11H24N2O2/c1-11(15)10-13(8-9-14)7-6-12-4-2-3-5-12/h11,14-15H,2-10H2,1H3. The van der Waals surface area contributed by atoms with Crippen LogP contribution in [-0.2, 0) is 0 Å². The van der Waals surface area contributed by atoms with Gasteiger partial charge in [-0.05, 0) is 32.9 Å². The fourth-order valence-electron chi connectivity index (χ4n) is 2.10. The van der Waals surface area contributed by atoms with E-state index in [4.69, 9.17) is 5.11 Å². The summed E-state index contributed by atoms with van der Waals surface area (Å²) in [5.41, 5.74) is 0. The molecule has 0 saturated carbocycles. The number of hydrogen-bond acceptors (Lipinski definition) is 4. The first kappa shape index (κ1) is 12.9. The Hall–Kier alpha value is -0.160. The normalized spacial score (nSPS) is 20.0. The van der Waals surface area contributed by atoms with Gasteiger partial charge in [0.2, 0.25) is 0 Å². The van der Waals surface area contributed by atoms with Crippen molar-refractivity contribution >= 4 is 0 Å². The number of aliphatic hydroxyl groups excluding tert-OH is 2. The highest BCUT2D eigenvalue weighted by molar-refractivity contribution is 4.69. The third-order valence-corrected chi connectivity index (χ3v) is 2.87. The molecule has 1 atom stereocenters. The zero-order valence-corrected chi connectivity index (χ0v) is 9.73. The molecule has 1 rings (SSSR count). The van der Waals surface area contributed by atoms with Crippen LogP contribution in [0.1, 0.15) is 19.8 Å². The van der Waals surface area contributed by atoms with Crippen molar-refractivity contribution in [3.8, 4) is 0 Å². The van der Waals surface area contributed by atoms with Gasteiger partial charge in [-0.1, -0.05) is 0 Å². The summed E-state index contributed by atoms with van der Waals surface area (Å²) in [5, 5.41) is 18.2. The SMILES string of the molecule is CC(O)CN(CCO)CCN1CCCC1. The summed E-state index contributed by atoms with van der Waals surface area (Å²) in [6.07, 6.45) is 2.32. The second-order valence-corrected chi connectivity index (χ2v) is 4.42. The first-order valence-corrected chi connectivity index (χ1v) is 5.96. The molecule has 0 aromatic heterocycles. The minimum atomic E-state index is -0.310. The summed E-state index contributed by atoms with van der Waals surface area (Å²) in [4.78, 5) is 4.58. The van der Waals surface area contributed by atoms with Crippen LogP contribution in [0.2, 0.25) is 0 Å². The van der Waals surface area contributed by atoms with Crippen molar-refractivity contribution in [2.24, 2.45) is 0 Å². The lowest BCUT2D eigenvalue weighted by molar-refractivity contribution is 0.104. The molecule has 1 saturated heterocycles. The van der Waals surface area contributed by atoms with Gasteiger partial charge in [0.05, 0.1) is 12.7 Å². The van der Waals surface area contributed by atoms with Crippen LogP contribution in [0.15, 0.2) is 0 Å². The Morgan fingerprint density at radius 1 is 1.27 bits per heavy atom. The first-order chi connectivity index (χ1) is 7.22. The van der Waals surface area contributed by atoms with E-state index < -0.39 is 0 Å². The van der Waals surface area contributed by atoms with Crippen molar-refractivity contribution in [1.29, 1.82) is 0 Å². The second-order valence-electron chi connectivity index (χ2n) is 4.42. The molecule has 90 valence electrons. The Morgan fingerprint density at radius 3 is 2.47 bits per heavy atom.